The lowest BCUT2D eigenvalue weighted by atomic mass is 9.65. The summed E-state index contributed by atoms with van der Waals surface area (Å²) in [4.78, 5) is 13.6. The molecule has 1 unspecified atom stereocenters. The Morgan fingerprint density at radius 1 is 0.971 bits per heavy atom. The van der Waals surface area contributed by atoms with Crippen molar-refractivity contribution in [2.75, 3.05) is 34.7 Å². The van der Waals surface area contributed by atoms with Crippen LogP contribution in [-0.2, 0) is 9.53 Å². The molecule has 0 saturated carbocycles. The lowest BCUT2D eigenvalue weighted by Gasteiger charge is -2.41. The number of hydrogen-bond donors (Lipinski definition) is 2. The van der Waals surface area contributed by atoms with Gasteiger partial charge < -0.3 is 38.6 Å². The Kier molecular flexibility index (Phi) is 6.75. The molecular weight excluding hydrogens is 456 g/mol. The van der Waals surface area contributed by atoms with Crippen LogP contribution in [0, 0.1) is 11.8 Å². The molecule has 35 heavy (non-hydrogen) atoms. The fourth-order valence-corrected chi connectivity index (χ4v) is 4.93. The molecule has 0 amide bonds. The first-order valence-corrected chi connectivity index (χ1v) is 11.4. The second-order valence-electron chi connectivity index (χ2n) is 9.62. The summed E-state index contributed by atoms with van der Waals surface area (Å²) in [6.07, 6.45) is -1.12. The standard InChI is InChI=1S/C26H32O9/c1-26(2,3)35-25(29)22-16(11-27)23(28)15-10-18-17(33-12-34-18)9-14(15)21(22)13-7-19(30-4)24(32-6)20(8-13)31-5/h7-10,16,21-23,27-28H,11-12H2,1-6H3/t16-,21+,22-,23?/m1/s1. The summed E-state index contributed by atoms with van der Waals surface area (Å²) in [7, 11) is 4.54. The summed E-state index contributed by atoms with van der Waals surface area (Å²) >= 11 is 0. The highest BCUT2D eigenvalue weighted by Crippen LogP contribution is 2.54. The van der Waals surface area contributed by atoms with Crippen molar-refractivity contribution in [2.45, 2.75) is 38.4 Å². The number of ether oxygens (including phenoxy) is 6. The smallest absolute Gasteiger partial charge is 0.310 e. The van der Waals surface area contributed by atoms with Crippen LogP contribution < -0.4 is 23.7 Å². The molecule has 0 saturated heterocycles. The predicted molar refractivity (Wildman–Crippen MR) is 125 cm³/mol. The molecular formula is C26H32O9. The van der Waals surface area contributed by atoms with E-state index in [1.165, 1.54) is 21.3 Å². The minimum absolute atomic E-state index is 0.0576. The molecule has 1 heterocycles. The number of methoxy groups -OCH3 is 3. The Morgan fingerprint density at radius 2 is 1.54 bits per heavy atom. The fraction of sp³-hybridized carbons (Fsp3) is 0.500. The molecule has 4 rings (SSSR count). The summed E-state index contributed by atoms with van der Waals surface area (Å²) in [5, 5.41) is 21.6. The minimum Gasteiger partial charge on any atom is -0.493 e. The lowest BCUT2D eigenvalue weighted by Crippen LogP contribution is -2.43. The first-order valence-electron chi connectivity index (χ1n) is 11.4. The molecule has 4 atom stereocenters. The molecule has 2 N–H and O–H groups in total. The number of esters is 1. The summed E-state index contributed by atoms with van der Waals surface area (Å²) in [6.45, 7) is 4.96. The van der Waals surface area contributed by atoms with Gasteiger partial charge in [0.2, 0.25) is 12.5 Å². The molecule has 0 spiro atoms. The number of fused-ring (bicyclic) bond motifs is 2. The number of aliphatic hydroxyl groups is 2. The van der Waals surface area contributed by atoms with Gasteiger partial charge in [-0.15, -0.1) is 0 Å². The SMILES string of the molecule is COc1cc([C@H]2c3cc4c(cc3C(O)[C@H](CO)[C@H]2C(=O)OC(C)(C)C)OCO4)cc(OC)c1OC. The maximum absolute atomic E-state index is 13.6. The zero-order valence-electron chi connectivity index (χ0n) is 20.8. The zero-order valence-corrected chi connectivity index (χ0v) is 20.8. The predicted octanol–water partition coefficient (Wildman–Crippen LogP) is 3.19. The minimum atomic E-state index is -1.12. The van der Waals surface area contributed by atoms with Crippen molar-refractivity contribution in [3.05, 3.63) is 41.0 Å². The largest absolute Gasteiger partial charge is 0.493 e. The number of hydrogen-bond acceptors (Lipinski definition) is 9. The van der Waals surface area contributed by atoms with Crippen molar-refractivity contribution >= 4 is 5.97 Å². The van der Waals surface area contributed by atoms with E-state index in [-0.39, 0.29) is 6.79 Å². The quantitative estimate of drug-likeness (QED) is 0.592. The molecule has 2 aromatic carbocycles. The van der Waals surface area contributed by atoms with Gasteiger partial charge in [0.05, 0.1) is 33.4 Å². The maximum Gasteiger partial charge on any atom is 0.310 e. The van der Waals surface area contributed by atoms with Crippen molar-refractivity contribution in [1.82, 2.24) is 0 Å². The third-order valence-electron chi connectivity index (χ3n) is 6.39. The average Bonchev–Trinajstić information content (AvgIpc) is 3.28. The van der Waals surface area contributed by atoms with Gasteiger partial charge in [-0.25, -0.2) is 0 Å². The fourth-order valence-electron chi connectivity index (χ4n) is 4.93. The van der Waals surface area contributed by atoms with Crippen molar-refractivity contribution in [2.24, 2.45) is 11.8 Å². The monoisotopic (exact) mass is 488 g/mol. The number of aliphatic hydroxyl groups excluding tert-OH is 2. The van der Waals surface area contributed by atoms with E-state index in [4.69, 9.17) is 28.4 Å². The van der Waals surface area contributed by atoms with Gasteiger partial charge in [0.1, 0.15) is 5.60 Å². The van der Waals surface area contributed by atoms with Crippen LogP contribution in [0.15, 0.2) is 24.3 Å². The van der Waals surface area contributed by atoms with Crippen LogP contribution in [0.25, 0.3) is 0 Å². The van der Waals surface area contributed by atoms with Gasteiger partial charge >= 0.3 is 5.97 Å². The molecule has 1 aliphatic heterocycles. The van der Waals surface area contributed by atoms with Crippen LogP contribution in [0.3, 0.4) is 0 Å². The molecule has 0 radical (unpaired) electrons. The Bertz CT molecular complexity index is 1080. The van der Waals surface area contributed by atoms with E-state index in [2.05, 4.69) is 0 Å². The van der Waals surface area contributed by atoms with E-state index in [1.807, 2.05) is 0 Å². The summed E-state index contributed by atoms with van der Waals surface area (Å²) in [5.74, 6) is -0.642. The van der Waals surface area contributed by atoms with E-state index >= 15 is 0 Å². The van der Waals surface area contributed by atoms with E-state index < -0.39 is 42.0 Å². The lowest BCUT2D eigenvalue weighted by molar-refractivity contribution is -0.166. The second-order valence-corrected chi connectivity index (χ2v) is 9.62. The summed E-state index contributed by atoms with van der Waals surface area (Å²) in [6, 6.07) is 7.02. The molecule has 0 fully saturated rings. The topological polar surface area (TPSA) is 113 Å². The van der Waals surface area contributed by atoms with Crippen molar-refractivity contribution in [3.63, 3.8) is 0 Å². The van der Waals surface area contributed by atoms with Gasteiger partial charge in [-0.1, -0.05) is 0 Å². The van der Waals surface area contributed by atoms with Crippen molar-refractivity contribution in [3.8, 4) is 28.7 Å². The van der Waals surface area contributed by atoms with Gasteiger partial charge in [0.25, 0.3) is 0 Å². The highest BCUT2D eigenvalue weighted by Gasteiger charge is 2.49. The average molecular weight is 489 g/mol. The van der Waals surface area contributed by atoms with Crippen LogP contribution in [0.5, 0.6) is 28.7 Å². The molecule has 9 nitrogen and oxygen atoms in total. The van der Waals surface area contributed by atoms with Gasteiger partial charge in [-0.05, 0) is 61.7 Å². The van der Waals surface area contributed by atoms with Gasteiger partial charge in [-0.3, -0.25) is 4.79 Å². The molecule has 0 bridgehead atoms. The first kappa shape index (κ1) is 24.9. The van der Waals surface area contributed by atoms with E-state index in [9.17, 15) is 15.0 Å². The van der Waals surface area contributed by atoms with E-state index in [1.54, 1.807) is 45.0 Å². The highest BCUT2D eigenvalue weighted by molar-refractivity contribution is 5.77. The number of carbonyl (C=O) groups is 1. The van der Waals surface area contributed by atoms with Gasteiger partial charge in [-0.2, -0.15) is 0 Å². The Balaban J connectivity index is 1.98. The van der Waals surface area contributed by atoms with Crippen molar-refractivity contribution < 1.29 is 43.4 Å². The van der Waals surface area contributed by atoms with Crippen molar-refractivity contribution in [1.29, 1.82) is 0 Å². The van der Waals surface area contributed by atoms with Crippen LogP contribution >= 0.6 is 0 Å². The normalized spacial score (nSPS) is 22.9. The number of rotatable bonds is 6. The van der Waals surface area contributed by atoms with Crippen LogP contribution in [0.1, 0.15) is 49.5 Å². The third kappa shape index (κ3) is 4.46. The Labute approximate surface area is 204 Å². The molecule has 0 aromatic heterocycles. The zero-order chi connectivity index (χ0) is 25.5. The first-order chi connectivity index (χ1) is 16.6. The van der Waals surface area contributed by atoms with E-state index in [0.29, 0.717) is 45.4 Å². The highest BCUT2D eigenvalue weighted by atomic mass is 16.7. The molecule has 2 aliphatic rings. The maximum atomic E-state index is 13.6. The molecule has 190 valence electrons. The van der Waals surface area contributed by atoms with E-state index in [0.717, 1.165) is 0 Å². The third-order valence-corrected chi connectivity index (χ3v) is 6.39. The van der Waals surface area contributed by atoms with Crippen LogP contribution in [0.4, 0.5) is 0 Å². The Morgan fingerprint density at radius 3 is 2.03 bits per heavy atom. The van der Waals surface area contributed by atoms with Crippen LogP contribution in [0.2, 0.25) is 0 Å². The molecule has 2 aromatic rings. The van der Waals surface area contributed by atoms with Gasteiger partial charge in [0.15, 0.2) is 23.0 Å². The van der Waals surface area contributed by atoms with Crippen LogP contribution in [-0.4, -0.2) is 56.5 Å². The molecule has 1 aliphatic carbocycles. The molecule has 9 heteroatoms. The Hall–Kier alpha value is -3.17. The second kappa shape index (κ2) is 9.47. The van der Waals surface area contributed by atoms with Gasteiger partial charge in [0, 0.05) is 18.4 Å². The number of carbonyl (C=O) groups excluding carboxylic acids is 1. The summed E-state index contributed by atoms with van der Waals surface area (Å²) < 4.78 is 33.5. The summed E-state index contributed by atoms with van der Waals surface area (Å²) in [5.41, 5.74) is 1.11. The number of benzene rings is 2.